The maximum absolute atomic E-state index is 16.0. The second kappa shape index (κ2) is 9.05. The highest BCUT2D eigenvalue weighted by molar-refractivity contribution is 5.97. The van der Waals surface area contributed by atoms with Crippen LogP contribution >= 0.6 is 0 Å². The van der Waals surface area contributed by atoms with E-state index < -0.39 is 11.2 Å². The molecule has 0 atom stereocenters. The first-order chi connectivity index (χ1) is 18.7. The molecule has 6 aromatic rings. The van der Waals surface area contributed by atoms with E-state index in [2.05, 4.69) is 40.4 Å². The number of hydrogen-bond acceptors (Lipinski definition) is 6. The van der Waals surface area contributed by atoms with E-state index >= 15 is 4.39 Å². The number of rotatable bonds is 4. The Labute approximate surface area is 220 Å². The lowest BCUT2D eigenvalue weighted by Gasteiger charge is -2.17. The number of aromatic amines is 2. The van der Waals surface area contributed by atoms with Gasteiger partial charge in [-0.2, -0.15) is 5.10 Å². The first-order valence-corrected chi connectivity index (χ1v) is 12.1. The van der Waals surface area contributed by atoms with Crippen LogP contribution in [-0.4, -0.2) is 41.0 Å². The third-order valence-corrected chi connectivity index (χ3v) is 6.28. The summed E-state index contributed by atoms with van der Waals surface area (Å²) in [6, 6.07) is 9.48. The molecule has 0 saturated heterocycles. The molecular weight excluding hydrogens is 502 g/mol. The molecule has 0 aliphatic heterocycles. The maximum Gasteiger partial charge on any atom is 0.229 e. The number of nitrogens with zero attached hydrogens (tertiary/aromatic N) is 5. The Morgan fingerprint density at radius 3 is 2.49 bits per heavy atom. The van der Waals surface area contributed by atoms with Crippen LogP contribution in [0.25, 0.3) is 56.0 Å². The Morgan fingerprint density at radius 2 is 1.72 bits per heavy atom. The van der Waals surface area contributed by atoms with E-state index in [9.17, 15) is 9.18 Å². The van der Waals surface area contributed by atoms with Gasteiger partial charge in [0, 0.05) is 40.7 Å². The number of carbonyl (C=O) groups excluding carboxylic acids is 1. The van der Waals surface area contributed by atoms with Gasteiger partial charge in [0.15, 0.2) is 17.1 Å². The van der Waals surface area contributed by atoms with Crippen molar-refractivity contribution in [3.8, 4) is 33.8 Å². The number of halogens is 2. The minimum Gasteiger partial charge on any atom is -0.324 e. The molecule has 39 heavy (non-hydrogen) atoms. The SMILES string of the molecule is CC(C)(C)C(=O)Nc1cncc(-c2cnc3[nH]nc(-c4nc5c(-c6ccc(F)cc6)ccnc5[nH]4)c3c2F)c1. The molecule has 1 aromatic carbocycles. The van der Waals surface area contributed by atoms with Crippen LogP contribution in [-0.2, 0) is 4.79 Å². The van der Waals surface area contributed by atoms with E-state index in [1.54, 1.807) is 51.2 Å². The number of pyridine rings is 3. The fraction of sp³-hybridized carbons (Fsp3) is 0.143. The van der Waals surface area contributed by atoms with Gasteiger partial charge in [0.2, 0.25) is 5.91 Å². The van der Waals surface area contributed by atoms with Crippen molar-refractivity contribution in [2.24, 2.45) is 5.41 Å². The van der Waals surface area contributed by atoms with Crippen LogP contribution in [0.2, 0.25) is 0 Å². The molecule has 11 heteroatoms. The summed E-state index contributed by atoms with van der Waals surface area (Å²) in [5.41, 5.74) is 3.42. The smallest absolute Gasteiger partial charge is 0.229 e. The highest BCUT2D eigenvalue weighted by Gasteiger charge is 2.23. The Hall–Kier alpha value is -5.06. The van der Waals surface area contributed by atoms with Gasteiger partial charge >= 0.3 is 0 Å². The lowest BCUT2D eigenvalue weighted by atomic mass is 9.95. The van der Waals surface area contributed by atoms with Crippen LogP contribution in [0.3, 0.4) is 0 Å². The number of H-pyrrole nitrogens is 2. The standard InChI is InChI=1S/C28H22F2N8O/c1-28(2,3)27(39)34-17-10-15(11-31-12-17)19-13-33-24-20(21(19)30)23(37-38-24)26-35-22-18(8-9-32-25(22)36-26)14-4-6-16(29)7-5-14/h4-13H,1-3H3,(H,34,39)(H,32,35,36)(H,33,37,38). The van der Waals surface area contributed by atoms with E-state index in [-0.39, 0.29) is 34.0 Å². The van der Waals surface area contributed by atoms with Gasteiger partial charge in [-0.15, -0.1) is 0 Å². The third kappa shape index (κ3) is 4.37. The van der Waals surface area contributed by atoms with Crippen molar-refractivity contribution in [3.05, 3.63) is 72.8 Å². The molecular formula is C28H22F2N8O. The number of aromatic nitrogens is 7. The molecule has 194 valence electrons. The maximum atomic E-state index is 16.0. The van der Waals surface area contributed by atoms with Crippen molar-refractivity contribution in [2.45, 2.75) is 20.8 Å². The highest BCUT2D eigenvalue weighted by atomic mass is 19.1. The van der Waals surface area contributed by atoms with Crippen LogP contribution in [0.4, 0.5) is 14.5 Å². The zero-order valence-corrected chi connectivity index (χ0v) is 21.2. The van der Waals surface area contributed by atoms with E-state index in [0.29, 0.717) is 28.2 Å². The minimum absolute atomic E-state index is 0.138. The van der Waals surface area contributed by atoms with Crippen molar-refractivity contribution in [2.75, 3.05) is 5.32 Å². The van der Waals surface area contributed by atoms with E-state index in [0.717, 1.165) is 11.1 Å². The van der Waals surface area contributed by atoms with Gasteiger partial charge in [-0.25, -0.2) is 23.7 Å². The molecule has 5 aromatic heterocycles. The van der Waals surface area contributed by atoms with Gasteiger partial charge in [0.25, 0.3) is 0 Å². The predicted octanol–water partition coefficient (Wildman–Crippen LogP) is 5.89. The normalized spacial score (nSPS) is 11.8. The van der Waals surface area contributed by atoms with E-state index in [1.165, 1.54) is 30.7 Å². The van der Waals surface area contributed by atoms with Gasteiger partial charge in [0.05, 0.1) is 17.3 Å². The molecule has 0 bridgehead atoms. The number of hydrogen-bond donors (Lipinski definition) is 3. The predicted molar refractivity (Wildman–Crippen MR) is 143 cm³/mol. The Kier molecular flexibility index (Phi) is 5.63. The third-order valence-electron chi connectivity index (χ3n) is 6.28. The van der Waals surface area contributed by atoms with Crippen molar-refractivity contribution in [1.29, 1.82) is 0 Å². The van der Waals surface area contributed by atoms with Crippen LogP contribution in [0.5, 0.6) is 0 Å². The fourth-order valence-electron chi connectivity index (χ4n) is 4.19. The minimum atomic E-state index is -0.606. The summed E-state index contributed by atoms with van der Waals surface area (Å²) in [6.07, 6.45) is 6.00. The number of nitrogens with one attached hydrogen (secondary N) is 3. The summed E-state index contributed by atoms with van der Waals surface area (Å²) in [6.45, 7) is 5.40. The van der Waals surface area contributed by atoms with Crippen molar-refractivity contribution < 1.29 is 13.6 Å². The molecule has 9 nitrogen and oxygen atoms in total. The van der Waals surface area contributed by atoms with Crippen LogP contribution in [0.1, 0.15) is 20.8 Å². The number of imidazole rings is 1. The van der Waals surface area contributed by atoms with Crippen LogP contribution < -0.4 is 5.32 Å². The van der Waals surface area contributed by atoms with Gasteiger partial charge in [-0.1, -0.05) is 32.9 Å². The monoisotopic (exact) mass is 524 g/mol. The lowest BCUT2D eigenvalue weighted by Crippen LogP contribution is -2.27. The molecule has 3 N–H and O–H groups in total. The number of benzene rings is 1. The second-order valence-electron chi connectivity index (χ2n) is 10.1. The highest BCUT2D eigenvalue weighted by Crippen LogP contribution is 2.34. The molecule has 0 radical (unpaired) electrons. The summed E-state index contributed by atoms with van der Waals surface area (Å²) in [4.78, 5) is 33.1. The van der Waals surface area contributed by atoms with E-state index in [1.807, 2.05) is 0 Å². The first-order valence-electron chi connectivity index (χ1n) is 12.1. The molecule has 0 spiro atoms. The number of fused-ring (bicyclic) bond motifs is 2. The number of carbonyl (C=O) groups is 1. The van der Waals surface area contributed by atoms with Crippen molar-refractivity contribution in [3.63, 3.8) is 0 Å². The Bertz CT molecular complexity index is 1870. The molecule has 6 rings (SSSR count). The zero-order chi connectivity index (χ0) is 27.3. The number of amides is 1. The fourth-order valence-corrected chi connectivity index (χ4v) is 4.19. The summed E-state index contributed by atoms with van der Waals surface area (Å²) < 4.78 is 29.5. The number of anilines is 1. The average Bonchev–Trinajstić information content (AvgIpc) is 3.54. The molecule has 1 amide bonds. The molecule has 0 saturated carbocycles. The first kappa shape index (κ1) is 24.3. The average molecular weight is 525 g/mol. The quantitative estimate of drug-likeness (QED) is 0.264. The molecule has 0 unspecified atom stereocenters. The topological polar surface area (TPSA) is 125 Å². The lowest BCUT2D eigenvalue weighted by molar-refractivity contribution is -0.123. The van der Waals surface area contributed by atoms with Crippen LogP contribution in [0.15, 0.2) is 61.2 Å². The van der Waals surface area contributed by atoms with Crippen LogP contribution in [0, 0.1) is 17.0 Å². The van der Waals surface area contributed by atoms with Crippen molar-refractivity contribution >= 4 is 33.8 Å². The summed E-state index contributed by atoms with van der Waals surface area (Å²) in [5.74, 6) is -0.811. The zero-order valence-electron chi connectivity index (χ0n) is 21.2. The van der Waals surface area contributed by atoms with E-state index in [4.69, 9.17) is 0 Å². The summed E-state index contributed by atoms with van der Waals surface area (Å²) >= 11 is 0. The molecule has 0 fully saturated rings. The van der Waals surface area contributed by atoms with Gasteiger partial charge < -0.3 is 10.3 Å². The van der Waals surface area contributed by atoms with Crippen molar-refractivity contribution in [1.82, 2.24) is 35.1 Å². The van der Waals surface area contributed by atoms with Gasteiger partial charge in [0.1, 0.15) is 22.8 Å². The largest absolute Gasteiger partial charge is 0.324 e. The molecule has 5 heterocycles. The Morgan fingerprint density at radius 1 is 0.923 bits per heavy atom. The summed E-state index contributed by atoms with van der Waals surface area (Å²) in [7, 11) is 0. The van der Waals surface area contributed by atoms with Gasteiger partial charge in [-0.3, -0.25) is 14.9 Å². The second-order valence-corrected chi connectivity index (χ2v) is 10.1. The Balaban J connectivity index is 1.43. The molecule has 0 aliphatic rings. The van der Waals surface area contributed by atoms with Gasteiger partial charge in [-0.05, 0) is 29.8 Å². The molecule has 0 aliphatic carbocycles. The summed E-state index contributed by atoms with van der Waals surface area (Å²) in [5, 5.41) is 9.99.